The number of hydrogen-bond donors (Lipinski definition) is 2. The molecule has 0 unspecified atom stereocenters. The number of amides is 1. The molecule has 1 aliphatic carbocycles. The number of fused-ring (bicyclic) bond motifs is 3. The second-order valence-corrected chi connectivity index (χ2v) is 8.85. The Hall–Kier alpha value is -3.32. The van der Waals surface area contributed by atoms with E-state index in [9.17, 15) is 4.79 Å². The van der Waals surface area contributed by atoms with Crippen LogP contribution in [0.1, 0.15) is 35.8 Å². The smallest absolute Gasteiger partial charge is 0.226 e. The van der Waals surface area contributed by atoms with Gasteiger partial charge >= 0.3 is 0 Å². The minimum atomic E-state index is -0.00987. The number of aromatic nitrogens is 2. The summed E-state index contributed by atoms with van der Waals surface area (Å²) in [5, 5.41) is 7.27. The largest absolute Gasteiger partial charge is 0.497 e. The van der Waals surface area contributed by atoms with Gasteiger partial charge in [0.25, 0.3) is 0 Å². The maximum Gasteiger partial charge on any atom is 0.226 e. The molecule has 0 saturated heterocycles. The van der Waals surface area contributed by atoms with Crippen molar-refractivity contribution in [3.05, 3.63) is 64.8 Å². The normalized spacial score (nSPS) is 15.4. The molecule has 1 aliphatic rings. The van der Waals surface area contributed by atoms with Gasteiger partial charge in [-0.05, 0) is 67.3 Å². The zero-order valence-corrected chi connectivity index (χ0v) is 18.9. The van der Waals surface area contributed by atoms with Crippen LogP contribution in [0.25, 0.3) is 21.5 Å². The number of methoxy groups -OCH3 is 2. The van der Waals surface area contributed by atoms with E-state index in [1.54, 1.807) is 25.6 Å². The van der Waals surface area contributed by atoms with Gasteiger partial charge in [-0.25, -0.2) is 4.98 Å². The van der Waals surface area contributed by atoms with Gasteiger partial charge in [0.15, 0.2) is 0 Å². The van der Waals surface area contributed by atoms with E-state index < -0.39 is 0 Å². The summed E-state index contributed by atoms with van der Waals surface area (Å²) in [5.41, 5.74) is 5.29. The molecule has 0 bridgehead atoms. The van der Waals surface area contributed by atoms with Crippen LogP contribution < -0.4 is 14.8 Å². The number of aryl methyl sites for hydroxylation is 1. The Bertz CT molecular complexity index is 1260. The van der Waals surface area contributed by atoms with Gasteiger partial charge in [0, 0.05) is 27.5 Å². The lowest BCUT2D eigenvalue weighted by molar-refractivity contribution is -0.121. The molecule has 1 atom stereocenters. The summed E-state index contributed by atoms with van der Waals surface area (Å²) in [6.45, 7) is 0. The Morgan fingerprint density at radius 1 is 1.16 bits per heavy atom. The summed E-state index contributed by atoms with van der Waals surface area (Å²) in [7, 11) is 3.33. The molecule has 0 radical (unpaired) electrons. The molecular weight excluding hydrogens is 422 g/mol. The van der Waals surface area contributed by atoms with Gasteiger partial charge in [0.05, 0.1) is 32.4 Å². The third-order valence-corrected chi connectivity index (χ3v) is 6.92. The third kappa shape index (κ3) is 3.96. The van der Waals surface area contributed by atoms with Crippen molar-refractivity contribution in [3.8, 4) is 22.1 Å². The fraction of sp³-hybridized carbons (Fsp3) is 0.280. The van der Waals surface area contributed by atoms with E-state index in [1.165, 1.54) is 10.9 Å². The van der Waals surface area contributed by atoms with Gasteiger partial charge in [-0.2, -0.15) is 0 Å². The van der Waals surface area contributed by atoms with Gasteiger partial charge in [-0.15, -0.1) is 11.3 Å². The molecule has 2 aromatic carbocycles. The van der Waals surface area contributed by atoms with E-state index in [-0.39, 0.29) is 18.4 Å². The molecule has 4 aromatic rings. The monoisotopic (exact) mass is 447 g/mol. The minimum absolute atomic E-state index is 0.00864. The van der Waals surface area contributed by atoms with Crippen LogP contribution in [-0.2, 0) is 17.6 Å². The molecule has 2 heterocycles. The minimum Gasteiger partial charge on any atom is -0.497 e. The summed E-state index contributed by atoms with van der Waals surface area (Å²) in [6, 6.07) is 13.9. The number of H-pyrrole nitrogens is 1. The molecule has 5 rings (SSSR count). The Labute approximate surface area is 190 Å². The van der Waals surface area contributed by atoms with Crippen LogP contribution in [0, 0.1) is 0 Å². The first-order valence-corrected chi connectivity index (χ1v) is 11.6. The van der Waals surface area contributed by atoms with Crippen LogP contribution in [0.4, 0.5) is 0 Å². The molecular formula is C25H25N3O3S. The second kappa shape index (κ2) is 8.67. The molecule has 32 heavy (non-hydrogen) atoms. The van der Waals surface area contributed by atoms with E-state index in [1.807, 2.05) is 41.8 Å². The lowest BCUT2D eigenvalue weighted by Gasteiger charge is -2.23. The van der Waals surface area contributed by atoms with Crippen LogP contribution in [-0.4, -0.2) is 30.1 Å². The van der Waals surface area contributed by atoms with Crippen molar-refractivity contribution in [2.75, 3.05) is 14.2 Å². The van der Waals surface area contributed by atoms with Crippen molar-refractivity contribution in [2.24, 2.45) is 0 Å². The first-order valence-electron chi connectivity index (χ1n) is 10.7. The molecule has 0 spiro atoms. The average Bonchev–Trinajstić information content (AvgIpc) is 3.44. The number of carbonyl (C=O) groups is 1. The van der Waals surface area contributed by atoms with Crippen LogP contribution >= 0.6 is 11.3 Å². The molecule has 164 valence electrons. The number of carbonyl (C=O) groups excluding carboxylic acids is 1. The van der Waals surface area contributed by atoms with E-state index in [0.717, 1.165) is 58.2 Å². The number of aromatic amines is 1. The van der Waals surface area contributed by atoms with Crippen molar-refractivity contribution in [2.45, 2.75) is 31.7 Å². The number of nitrogens with one attached hydrogen (secondary N) is 2. The van der Waals surface area contributed by atoms with Crippen LogP contribution in [0.3, 0.4) is 0 Å². The van der Waals surface area contributed by atoms with E-state index in [2.05, 4.69) is 21.4 Å². The number of rotatable bonds is 6. The Morgan fingerprint density at radius 2 is 1.94 bits per heavy atom. The lowest BCUT2D eigenvalue weighted by atomic mass is 9.91. The maximum atomic E-state index is 12.8. The summed E-state index contributed by atoms with van der Waals surface area (Å²) >= 11 is 1.55. The molecule has 6 nitrogen and oxygen atoms in total. The van der Waals surface area contributed by atoms with Crippen LogP contribution in [0.2, 0.25) is 0 Å². The lowest BCUT2D eigenvalue weighted by Crippen LogP contribution is -2.32. The van der Waals surface area contributed by atoms with Crippen molar-refractivity contribution in [1.29, 1.82) is 0 Å². The zero-order chi connectivity index (χ0) is 22.1. The molecule has 1 amide bonds. The third-order valence-electron chi connectivity index (χ3n) is 5.98. The Kier molecular flexibility index (Phi) is 5.57. The van der Waals surface area contributed by atoms with E-state index >= 15 is 0 Å². The van der Waals surface area contributed by atoms with Crippen LogP contribution in [0.5, 0.6) is 11.5 Å². The number of hydrogen-bond acceptors (Lipinski definition) is 5. The number of thiazole rings is 1. The first kappa shape index (κ1) is 20.6. The highest BCUT2D eigenvalue weighted by molar-refractivity contribution is 7.13. The molecule has 0 aliphatic heterocycles. The Morgan fingerprint density at radius 3 is 2.72 bits per heavy atom. The molecule has 0 fully saturated rings. The van der Waals surface area contributed by atoms with Gasteiger partial charge in [0.1, 0.15) is 16.5 Å². The topological polar surface area (TPSA) is 76.2 Å². The maximum absolute atomic E-state index is 12.8. The van der Waals surface area contributed by atoms with Crippen LogP contribution in [0.15, 0.2) is 47.8 Å². The fourth-order valence-electron chi connectivity index (χ4n) is 4.38. The predicted octanol–water partition coefficient (Wildman–Crippen LogP) is 5.04. The summed E-state index contributed by atoms with van der Waals surface area (Å²) in [4.78, 5) is 21.0. The highest BCUT2D eigenvalue weighted by atomic mass is 32.1. The van der Waals surface area contributed by atoms with Gasteiger partial charge in [-0.3, -0.25) is 4.79 Å². The van der Waals surface area contributed by atoms with E-state index in [0.29, 0.717) is 0 Å². The molecule has 0 saturated carbocycles. The van der Waals surface area contributed by atoms with Crippen molar-refractivity contribution in [1.82, 2.24) is 15.3 Å². The first-order chi connectivity index (χ1) is 15.6. The average molecular weight is 448 g/mol. The van der Waals surface area contributed by atoms with Crippen molar-refractivity contribution in [3.63, 3.8) is 0 Å². The van der Waals surface area contributed by atoms with E-state index in [4.69, 9.17) is 9.47 Å². The quantitative estimate of drug-likeness (QED) is 0.434. The predicted molar refractivity (Wildman–Crippen MR) is 126 cm³/mol. The zero-order valence-electron chi connectivity index (χ0n) is 18.1. The number of ether oxygens (including phenoxy) is 2. The van der Waals surface area contributed by atoms with Crippen molar-refractivity contribution < 1.29 is 14.3 Å². The molecule has 2 N–H and O–H groups in total. The highest BCUT2D eigenvalue weighted by Gasteiger charge is 2.26. The summed E-state index contributed by atoms with van der Waals surface area (Å²) < 4.78 is 10.6. The van der Waals surface area contributed by atoms with Gasteiger partial charge in [-0.1, -0.05) is 0 Å². The summed E-state index contributed by atoms with van der Waals surface area (Å²) in [6.07, 6.45) is 3.25. The standard InChI is InChI=1S/C25H25N3O3S/c1-30-17-8-6-15(7-9-17)25-26-16(14-32-25)12-23(29)27-22-5-3-4-19-20-13-18(31-2)10-11-21(20)28-24(19)22/h6-11,13-14,22,28H,3-5,12H2,1-2H3,(H,27,29)/t22-/m1/s1. The molecule has 7 heteroatoms. The Balaban J connectivity index is 1.30. The summed E-state index contributed by atoms with van der Waals surface area (Å²) in [5.74, 6) is 1.65. The van der Waals surface area contributed by atoms with Gasteiger partial charge in [0.2, 0.25) is 5.91 Å². The highest BCUT2D eigenvalue weighted by Crippen LogP contribution is 2.36. The fourth-order valence-corrected chi connectivity index (χ4v) is 5.20. The number of benzene rings is 2. The number of nitrogens with zero attached hydrogens (tertiary/aromatic N) is 1. The molecule has 2 aromatic heterocycles. The van der Waals surface area contributed by atoms with Gasteiger partial charge < -0.3 is 19.8 Å². The SMILES string of the molecule is COc1ccc(-c2nc(CC(=O)N[C@@H]3CCCc4c3[nH]c3ccc(OC)cc43)cs2)cc1. The second-order valence-electron chi connectivity index (χ2n) is 7.99. The van der Waals surface area contributed by atoms with Crippen molar-refractivity contribution >= 4 is 28.1 Å².